The first kappa shape index (κ1) is 17.0. The molecule has 0 bridgehead atoms. The number of carbonyl (C=O) groups excluding carboxylic acids is 1. The number of anilines is 1. The first-order valence-corrected chi connectivity index (χ1v) is 9.38. The number of aromatic nitrogens is 1. The molecule has 126 valence electrons. The van der Waals surface area contributed by atoms with Crippen molar-refractivity contribution in [3.8, 4) is 0 Å². The van der Waals surface area contributed by atoms with Crippen LogP contribution in [0.4, 0.5) is 5.69 Å². The van der Waals surface area contributed by atoms with Crippen LogP contribution >= 0.6 is 11.8 Å². The van der Waals surface area contributed by atoms with Gasteiger partial charge in [-0.15, -0.1) is 11.8 Å². The highest BCUT2D eigenvalue weighted by atomic mass is 32.2. The topological polar surface area (TPSA) is 68.0 Å². The fraction of sp³-hybridized carbons (Fsp3) is 0.368. The van der Waals surface area contributed by atoms with E-state index in [1.54, 1.807) is 11.8 Å². The van der Waals surface area contributed by atoms with E-state index in [9.17, 15) is 4.79 Å². The number of pyridine rings is 1. The lowest BCUT2D eigenvalue weighted by atomic mass is 10.1. The standard InChI is InChI=1S/C19H23N3OS/c20-15-5-4-14(13-15)19(23)22-17-6-8-18(9-7-17)24-12-10-16-3-1-2-11-21-16/h1-3,6-9,11,14-15H,4-5,10,12-13,20H2,(H,22,23). The van der Waals surface area contributed by atoms with Crippen LogP contribution in [-0.4, -0.2) is 22.7 Å². The zero-order valence-corrected chi connectivity index (χ0v) is 14.5. The molecule has 3 rings (SSSR count). The van der Waals surface area contributed by atoms with E-state index >= 15 is 0 Å². The fourth-order valence-electron chi connectivity index (χ4n) is 2.95. The van der Waals surface area contributed by atoms with Gasteiger partial charge in [-0.05, 0) is 62.1 Å². The summed E-state index contributed by atoms with van der Waals surface area (Å²) in [5, 5.41) is 3.00. The second-order valence-electron chi connectivity index (χ2n) is 6.20. The molecule has 2 aromatic rings. The Morgan fingerprint density at radius 3 is 2.71 bits per heavy atom. The largest absolute Gasteiger partial charge is 0.328 e. The maximum absolute atomic E-state index is 12.2. The van der Waals surface area contributed by atoms with Crippen molar-refractivity contribution in [2.24, 2.45) is 11.7 Å². The maximum atomic E-state index is 12.2. The Balaban J connectivity index is 1.45. The molecule has 3 N–H and O–H groups in total. The Kier molecular flexibility index (Phi) is 5.88. The number of amides is 1. The molecule has 24 heavy (non-hydrogen) atoms. The van der Waals surface area contributed by atoms with Gasteiger partial charge in [-0.2, -0.15) is 0 Å². The molecule has 1 aromatic heterocycles. The number of hydrogen-bond acceptors (Lipinski definition) is 4. The van der Waals surface area contributed by atoms with Crippen LogP contribution in [-0.2, 0) is 11.2 Å². The number of nitrogens with two attached hydrogens (primary N) is 1. The number of hydrogen-bond donors (Lipinski definition) is 2. The van der Waals surface area contributed by atoms with Crippen molar-refractivity contribution < 1.29 is 4.79 Å². The van der Waals surface area contributed by atoms with Crippen molar-refractivity contribution in [2.75, 3.05) is 11.1 Å². The van der Waals surface area contributed by atoms with E-state index in [1.165, 1.54) is 4.90 Å². The monoisotopic (exact) mass is 341 g/mol. The van der Waals surface area contributed by atoms with Crippen LogP contribution in [0.15, 0.2) is 53.6 Å². The number of nitrogens with zero attached hydrogens (tertiary/aromatic N) is 1. The number of nitrogens with one attached hydrogen (secondary N) is 1. The van der Waals surface area contributed by atoms with Crippen LogP contribution in [0.25, 0.3) is 0 Å². The summed E-state index contributed by atoms with van der Waals surface area (Å²) in [7, 11) is 0. The second-order valence-corrected chi connectivity index (χ2v) is 7.37. The third-order valence-corrected chi connectivity index (χ3v) is 5.33. The van der Waals surface area contributed by atoms with Gasteiger partial charge in [-0.25, -0.2) is 0 Å². The van der Waals surface area contributed by atoms with Crippen molar-refractivity contribution in [3.05, 3.63) is 54.4 Å². The van der Waals surface area contributed by atoms with Gasteiger partial charge in [-0.3, -0.25) is 9.78 Å². The molecule has 5 heteroatoms. The third kappa shape index (κ3) is 4.82. The van der Waals surface area contributed by atoms with Crippen LogP contribution < -0.4 is 11.1 Å². The van der Waals surface area contributed by atoms with E-state index < -0.39 is 0 Å². The lowest BCUT2D eigenvalue weighted by Gasteiger charge is -2.11. The van der Waals surface area contributed by atoms with E-state index in [2.05, 4.69) is 22.4 Å². The Labute approximate surface area is 147 Å². The minimum absolute atomic E-state index is 0.0624. The number of rotatable bonds is 6. The molecule has 1 amide bonds. The fourth-order valence-corrected chi connectivity index (χ4v) is 3.83. The molecule has 0 radical (unpaired) electrons. The Morgan fingerprint density at radius 1 is 1.21 bits per heavy atom. The molecular weight excluding hydrogens is 318 g/mol. The smallest absolute Gasteiger partial charge is 0.227 e. The van der Waals surface area contributed by atoms with Crippen LogP contribution in [0.3, 0.4) is 0 Å². The average molecular weight is 341 g/mol. The van der Waals surface area contributed by atoms with Crippen LogP contribution in [0.1, 0.15) is 25.0 Å². The molecule has 0 spiro atoms. The van der Waals surface area contributed by atoms with E-state index in [1.807, 2.05) is 36.5 Å². The molecule has 0 saturated heterocycles. The Bertz CT molecular complexity index is 660. The molecule has 1 heterocycles. The normalized spacial score (nSPS) is 20.0. The van der Waals surface area contributed by atoms with E-state index in [4.69, 9.17) is 5.73 Å². The summed E-state index contributed by atoms with van der Waals surface area (Å²) in [5.41, 5.74) is 7.85. The zero-order chi connectivity index (χ0) is 16.8. The van der Waals surface area contributed by atoms with Crippen LogP contribution in [0.5, 0.6) is 0 Å². The lowest BCUT2D eigenvalue weighted by Crippen LogP contribution is -2.23. The lowest BCUT2D eigenvalue weighted by molar-refractivity contribution is -0.119. The van der Waals surface area contributed by atoms with Crippen LogP contribution in [0, 0.1) is 5.92 Å². The van der Waals surface area contributed by atoms with Gasteiger partial charge in [0.15, 0.2) is 0 Å². The van der Waals surface area contributed by atoms with Gasteiger partial charge in [0.2, 0.25) is 5.91 Å². The summed E-state index contributed by atoms with van der Waals surface area (Å²) < 4.78 is 0. The molecule has 1 fully saturated rings. The third-order valence-electron chi connectivity index (χ3n) is 4.32. The van der Waals surface area contributed by atoms with Crippen molar-refractivity contribution in [1.82, 2.24) is 4.98 Å². The van der Waals surface area contributed by atoms with Gasteiger partial charge < -0.3 is 11.1 Å². The van der Waals surface area contributed by atoms with Crippen molar-refractivity contribution in [2.45, 2.75) is 36.6 Å². The molecular formula is C19H23N3OS. The van der Waals surface area contributed by atoms with Crippen molar-refractivity contribution >= 4 is 23.4 Å². The van der Waals surface area contributed by atoms with Gasteiger partial charge in [-0.1, -0.05) is 6.07 Å². The van der Waals surface area contributed by atoms with Gasteiger partial charge in [0.1, 0.15) is 0 Å². The summed E-state index contributed by atoms with van der Waals surface area (Å²) in [5.74, 6) is 1.15. The summed E-state index contributed by atoms with van der Waals surface area (Å²) in [4.78, 5) is 17.7. The first-order chi connectivity index (χ1) is 11.7. The van der Waals surface area contributed by atoms with Crippen molar-refractivity contribution in [3.63, 3.8) is 0 Å². The van der Waals surface area contributed by atoms with E-state index in [0.29, 0.717) is 0 Å². The quantitative estimate of drug-likeness (QED) is 0.789. The summed E-state index contributed by atoms with van der Waals surface area (Å²) in [6, 6.07) is 14.2. The SMILES string of the molecule is NC1CCC(C(=O)Nc2ccc(SCCc3ccccn3)cc2)C1. The maximum Gasteiger partial charge on any atom is 0.227 e. The predicted molar refractivity (Wildman–Crippen MR) is 99.1 cm³/mol. The summed E-state index contributed by atoms with van der Waals surface area (Å²) in [6.45, 7) is 0. The van der Waals surface area contributed by atoms with Gasteiger partial charge in [0.25, 0.3) is 0 Å². The Morgan fingerprint density at radius 2 is 2.04 bits per heavy atom. The zero-order valence-electron chi connectivity index (χ0n) is 13.7. The second kappa shape index (κ2) is 8.31. The molecule has 1 aliphatic carbocycles. The van der Waals surface area contributed by atoms with Gasteiger partial charge in [0.05, 0.1) is 0 Å². The molecule has 0 aliphatic heterocycles. The molecule has 4 nitrogen and oxygen atoms in total. The molecule has 1 saturated carbocycles. The highest BCUT2D eigenvalue weighted by molar-refractivity contribution is 7.99. The first-order valence-electron chi connectivity index (χ1n) is 8.40. The number of aryl methyl sites for hydroxylation is 1. The minimum Gasteiger partial charge on any atom is -0.328 e. The minimum atomic E-state index is 0.0624. The number of carbonyl (C=O) groups is 1. The van der Waals surface area contributed by atoms with Gasteiger partial charge >= 0.3 is 0 Å². The summed E-state index contributed by atoms with van der Waals surface area (Å²) >= 11 is 1.80. The molecule has 1 aromatic carbocycles. The summed E-state index contributed by atoms with van der Waals surface area (Å²) in [6.07, 6.45) is 5.42. The predicted octanol–water partition coefficient (Wildman–Crippen LogP) is 3.48. The molecule has 2 unspecified atom stereocenters. The van der Waals surface area contributed by atoms with Crippen molar-refractivity contribution in [1.29, 1.82) is 0 Å². The highest BCUT2D eigenvalue weighted by Crippen LogP contribution is 2.26. The average Bonchev–Trinajstić information content (AvgIpc) is 3.04. The Hall–Kier alpha value is -1.85. The highest BCUT2D eigenvalue weighted by Gasteiger charge is 2.27. The van der Waals surface area contributed by atoms with Crippen LogP contribution in [0.2, 0.25) is 0 Å². The van der Waals surface area contributed by atoms with Gasteiger partial charge in [0, 0.05) is 40.2 Å². The van der Waals surface area contributed by atoms with E-state index in [-0.39, 0.29) is 17.9 Å². The molecule has 2 atom stereocenters. The number of benzene rings is 1. The number of thioether (sulfide) groups is 1. The van der Waals surface area contributed by atoms with E-state index in [0.717, 1.165) is 42.8 Å². The molecule has 1 aliphatic rings.